The van der Waals surface area contributed by atoms with Gasteiger partial charge in [0.25, 0.3) is 0 Å². The molecule has 1 atom stereocenters. The molecule has 0 saturated heterocycles. The predicted octanol–water partition coefficient (Wildman–Crippen LogP) is 17.3. The summed E-state index contributed by atoms with van der Waals surface area (Å²) in [7, 11) is 0. The van der Waals surface area contributed by atoms with Gasteiger partial charge in [-0.25, -0.2) is 0 Å². The highest BCUT2D eigenvalue weighted by Crippen LogP contribution is 2.16. The minimum atomic E-state index is -0.772. The van der Waals surface area contributed by atoms with E-state index < -0.39 is 6.10 Å². The number of hydrogen-bond acceptors (Lipinski definition) is 6. The van der Waals surface area contributed by atoms with Gasteiger partial charge in [0.15, 0.2) is 6.10 Å². The maximum Gasteiger partial charge on any atom is 0.306 e. The molecule has 0 rings (SSSR count). The number of rotatable bonds is 47. The predicted molar refractivity (Wildman–Crippen MR) is 265 cm³/mol. The van der Waals surface area contributed by atoms with Crippen LogP contribution in [0.2, 0.25) is 0 Å². The number of ether oxygens (including phenoxy) is 3. The van der Waals surface area contributed by atoms with Crippen molar-refractivity contribution < 1.29 is 28.6 Å². The van der Waals surface area contributed by atoms with Crippen molar-refractivity contribution in [3.8, 4) is 0 Å². The van der Waals surface area contributed by atoms with Crippen LogP contribution in [-0.2, 0) is 28.6 Å². The fourth-order valence-electron chi connectivity index (χ4n) is 7.35. The maximum absolute atomic E-state index is 12.7. The van der Waals surface area contributed by atoms with Gasteiger partial charge in [-0.15, -0.1) is 0 Å². The van der Waals surface area contributed by atoms with E-state index in [0.29, 0.717) is 19.3 Å². The van der Waals surface area contributed by atoms with Gasteiger partial charge in [0, 0.05) is 19.3 Å². The lowest BCUT2D eigenvalue weighted by atomic mass is 10.0. The zero-order chi connectivity index (χ0) is 45.1. The highest BCUT2D eigenvalue weighted by atomic mass is 16.6. The van der Waals surface area contributed by atoms with Gasteiger partial charge >= 0.3 is 17.9 Å². The Hall–Kier alpha value is -2.89. The van der Waals surface area contributed by atoms with Gasteiger partial charge in [0.1, 0.15) is 13.2 Å². The zero-order valence-electron chi connectivity index (χ0n) is 40.9. The quantitative estimate of drug-likeness (QED) is 0.0262. The Labute approximate surface area is 383 Å². The highest BCUT2D eigenvalue weighted by Gasteiger charge is 2.19. The summed E-state index contributed by atoms with van der Waals surface area (Å²) in [6, 6.07) is 0. The van der Waals surface area contributed by atoms with Crippen LogP contribution in [0.15, 0.2) is 60.8 Å². The third-order valence-electron chi connectivity index (χ3n) is 11.3. The molecule has 6 heteroatoms. The molecule has 1 unspecified atom stereocenters. The van der Waals surface area contributed by atoms with E-state index in [2.05, 4.69) is 81.5 Å². The first-order valence-corrected chi connectivity index (χ1v) is 26.3. The van der Waals surface area contributed by atoms with Gasteiger partial charge in [0.05, 0.1) is 0 Å². The Morgan fingerprint density at radius 1 is 0.339 bits per heavy atom. The van der Waals surface area contributed by atoms with Crippen molar-refractivity contribution in [1.82, 2.24) is 0 Å². The second-order valence-corrected chi connectivity index (χ2v) is 17.4. The van der Waals surface area contributed by atoms with Crippen molar-refractivity contribution in [3.05, 3.63) is 60.8 Å². The number of hydrogen-bond donors (Lipinski definition) is 0. The SMILES string of the molecule is CC/C=C\C/C=C\C/C=C\C/C=C\C/C=C\CCCCCCCCCC(=O)OCC(COC(=O)CCCCCCC)OC(=O)CCCCCCCCCCCCCCCCCC. The van der Waals surface area contributed by atoms with Crippen molar-refractivity contribution >= 4 is 17.9 Å². The normalized spacial score (nSPS) is 12.5. The topological polar surface area (TPSA) is 78.9 Å². The molecule has 62 heavy (non-hydrogen) atoms. The average molecular weight is 867 g/mol. The second kappa shape index (κ2) is 50.8. The summed E-state index contributed by atoms with van der Waals surface area (Å²) in [5, 5.41) is 0. The minimum Gasteiger partial charge on any atom is -0.462 e. The van der Waals surface area contributed by atoms with Crippen molar-refractivity contribution in [2.75, 3.05) is 13.2 Å². The molecule has 0 bridgehead atoms. The van der Waals surface area contributed by atoms with E-state index >= 15 is 0 Å². The lowest BCUT2D eigenvalue weighted by Gasteiger charge is -2.18. The summed E-state index contributed by atoms with van der Waals surface area (Å²) < 4.78 is 16.7. The molecule has 0 radical (unpaired) electrons. The van der Waals surface area contributed by atoms with Gasteiger partial charge in [-0.3, -0.25) is 14.4 Å². The van der Waals surface area contributed by atoms with Crippen molar-refractivity contribution in [2.24, 2.45) is 0 Å². The summed E-state index contributed by atoms with van der Waals surface area (Å²) in [5.74, 6) is -0.895. The van der Waals surface area contributed by atoms with Gasteiger partial charge < -0.3 is 14.2 Å². The van der Waals surface area contributed by atoms with E-state index in [-0.39, 0.29) is 31.1 Å². The Morgan fingerprint density at radius 2 is 0.629 bits per heavy atom. The first-order valence-electron chi connectivity index (χ1n) is 26.3. The van der Waals surface area contributed by atoms with Crippen LogP contribution in [0.5, 0.6) is 0 Å². The Bertz CT molecular complexity index is 1130. The fourth-order valence-corrected chi connectivity index (χ4v) is 7.35. The number of carbonyl (C=O) groups is 3. The zero-order valence-corrected chi connectivity index (χ0v) is 40.9. The molecule has 0 aromatic rings. The molecule has 0 amide bonds. The van der Waals surface area contributed by atoms with Gasteiger partial charge in [-0.1, -0.05) is 236 Å². The molecule has 0 aromatic heterocycles. The number of unbranched alkanes of at least 4 members (excludes halogenated alkanes) is 26. The largest absolute Gasteiger partial charge is 0.462 e. The van der Waals surface area contributed by atoms with Crippen LogP contribution < -0.4 is 0 Å². The van der Waals surface area contributed by atoms with Crippen molar-refractivity contribution in [2.45, 2.75) is 264 Å². The lowest BCUT2D eigenvalue weighted by molar-refractivity contribution is -0.167. The van der Waals surface area contributed by atoms with E-state index in [9.17, 15) is 14.4 Å². The van der Waals surface area contributed by atoms with Crippen LogP contribution in [0.25, 0.3) is 0 Å². The summed E-state index contributed by atoms with van der Waals surface area (Å²) in [6.07, 6.45) is 62.4. The summed E-state index contributed by atoms with van der Waals surface area (Å²) in [6.45, 7) is 6.45. The van der Waals surface area contributed by atoms with E-state index in [1.54, 1.807) is 0 Å². The number of esters is 3. The van der Waals surface area contributed by atoms with E-state index in [0.717, 1.165) is 103 Å². The molecule has 0 heterocycles. The smallest absolute Gasteiger partial charge is 0.306 e. The molecule has 0 aromatic carbocycles. The first kappa shape index (κ1) is 59.1. The molecular formula is C56H98O6. The van der Waals surface area contributed by atoms with E-state index in [4.69, 9.17) is 14.2 Å². The van der Waals surface area contributed by atoms with Crippen LogP contribution in [0, 0.1) is 0 Å². The van der Waals surface area contributed by atoms with Crippen molar-refractivity contribution in [1.29, 1.82) is 0 Å². The third kappa shape index (κ3) is 48.1. The lowest BCUT2D eigenvalue weighted by Crippen LogP contribution is -2.30. The Morgan fingerprint density at radius 3 is 0.984 bits per heavy atom. The average Bonchev–Trinajstić information content (AvgIpc) is 3.27. The van der Waals surface area contributed by atoms with Crippen LogP contribution in [-0.4, -0.2) is 37.2 Å². The molecular weight excluding hydrogens is 769 g/mol. The van der Waals surface area contributed by atoms with E-state index in [1.165, 1.54) is 116 Å². The number of allylic oxidation sites excluding steroid dienone is 10. The molecule has 0 spiro atoms. The molecule has 358 valence electrons. The Kier molecular flexibility index (Phi) is 48.4. The molecule has 0 fully saturated rings. The summed E-state index contributed by atoms with van der Waals surface area (Å²) >= 11 is 0. The molecule has 0 saturated carbocycles. The van der Waals surface area contributed by atoms with Crippen molar-refractivity contribution in [3.63, 3.8) is 0 Å². The third-order valence-corrected chi connectivity index (χ3v) is 11.3. The van der Waals surface area contributed by atoms with Gasteiger partial charge in [-0.2, -0.15) is 0 Å². The minimum absolute atomic E-state index is 0.0765. The first-order chi connectivity index (χ1) is 30.5. The fraction of sp³-hybridized carbons (Fsp3) is 0.768. The van der Waals surface area contributed by atoms with Gasteiger partial charge in [-0.05, 0) is 64.2 Å². The molecule has 0 aliphatic carbocycles. The summed E-state index contributed by atoms with van der Waals surface area (Å²) in [4.78, 5) is 37.7. The standard InChI is InChI=1S/C56H98O6/c1-4-7-10-13-15-17-19-21-23-25-26-27-28-29-30-31-33-34-36-38-40-43-46-49-55(58)61-52-53(51-60-54(57)48-45-42-12-9-6-3)62-56(59)50-47-44-41-39-37-35-32-24-22-20-18-16-14-11-8-5-2/h7,10,15,17,21,23,26-27,29-30,53H,4-6,8-9,11-14,16,18-20,22,24-25,28,31-52H2,1-3H3/b10-7-,17-15-,23-21-,27-26-,30-29-. The van der Waals surface area contributed by atoms with Crippen LogP contribution >= 0.6 is 0 Å². The maximum atomic E-state index is 12.7. The van der Waals surface area contributed by atoms with Gasteiger partial charge in [0.2, 0.25) is 0 Å². The monoisotopic (exact) mass is 867 g/mol. The van der Waals surface area contributed by atoms with Crippen LogP contribution in [0.3, 0.4) is 0 Å². The molecule has 6 nitrogen and oxygen atoms in total. The van der Waals surface area contributed by atoms with E-state index in [1.807, 2.05) is 0 Å². The van der Waals surface area contributed by atoms with Crippen LogP contribution in [0.4, 0.5) is 0 Å². The van der Waals surface area contributed by atoms with Crippen LogP contribution in [0.1, 0.15) is 258 Å². The summed E-state index contributed by atoms with van der Waals surface area (Å²) in [5.41, 5.74) is 0. The number of carbonyl (C=O) groups excluding carboxylic acids is 3. The molecule has 0 N–H and O–H groups in total. The Balaban J connectivity index is 4.15. The highest BCUT2D eigenvalue weighted by molar-refractivity contribution is 5.71. The second-order valence-electron chi connectivity index (χ2n) is 17.4. The molecule has 0 aliphatic heterocycles. The molecule has 0 aliphatic rings.